The first-order valence-corrected chi connectivity index (χ1v) is 5.73. The van der Waals surface area contributed by atoms with E-state index in [0.29, 0.717) is 28.0 Å². The fourth-order valence-corrected chi connectivity index (χ4v) is 2.09. The zero-order chi connectivity index (χ0) is 11.5. The number of hydrogen-bond acceptors (Lipinski definition) is 2. The van der Waals surface area contributed by atoms with E-state index in [1.165, 1.54) is 0 Å². The molecule has 1 heterocycles. The lowest BCUT2D eigenvalue weighted by atomic mass is 10.1. The van der Waals surface area contributed by atoms with Gasteiger partial charge < -0.3 is 4.74 Å². The molecule has 0 bridgehead atoms. The Balaban J connectivity index is 2.17. The summed E-state index contributed by atoms with van der Waals surface area (Å²) in [7, 11) is 0. The van der Waals surface area contributed by atoms with Crippen LogP contribution in [0, 0.1) is 0 Å². The van der Waals surface area contributed by atoms with Crippen molar-refractivity contribution in [2.45, 2.75) is 12.8 Å². The van der Waals surface area contributed by atoms with Gasteiger partial charge in [0.05, 0.1) is 6.61 Å². The van der Waals surface area contributed by atoms with Crippen LogP contribution in [0.25, 0.3) is 0 Å². The molecule has 0 aliphatic carbocycles. The van der Waals surface area contributed by atoms with E-state index in [4.69, 9.17) is 27.9 Å². The lowest BCUT2D eigenvalue weighted by molar-refractivity contribution is -0.117. The molecule has 0 saturated heterocycles. The predicted molar refractivity (Wildman–Crippen MR) is 63.8 cm³/mol. The van der Waals surface area contributed by atoms with Crippen LogP contribution in [0.1, 0.15) is 12.0 Å². The molecule has 0 N–H and O–H groups in total. The van der Waals surface area contributed by atoms with E-state index in [2.05, 4.69) is 0 Å². The summed E-state index contributed by atoms with van der Waals surface area (Å²) >= 11 is 12.0. The third kappa shape index (κ3) is 2.39. The predicted octanol–water partition coefficient (Wildman–Crippen LogP) is 3.41. The van der Waals surface area contributed by atoms with Crippen LogP contribution in [-0.4, -0.2) is 12.4 Å². The molecule has 0 fully saturated rings. The summed E-state index contributed by atoms with van der Waals surface area (Å²) in [5.41, 5.74) is 0.659. The van der Waals surface area contributed by atoms with E-state index in [9.17, 15) is 4.79 Å². The number of halogens is 2. The summed E-state index contributed by atoms with van der Waals surface area (Å²) in [4.78, 5) is 11.8. The molecule has 1 aromatic rings. The van der Waals surface area contributed by atoms with Crippen molar-refractivity contribution in [1.82, 2.24) is 0 Å². The molecule has 1 aliphatic heterocycles. The molecule has 0 amide bonds. The molecule has 1 aromatic carbocycles. The molecule has 4 heteroatoms. The second-order valence-corrected chi connectivity index (χ2v) is 4.32. The van der Waals surface area contributed by atoms with Crippen molar-refractivity contribution in [1.29, 1.82) is 0 Å². The Hall–Kier alpha value is -0.990. The molecule has 2 nitrogen and oxygen atoms in total. The molecule has 0 radical (unpaired) electrons. The molecule has 0 aromatic heterocycles. The fraction of sp³-hybridized carbons (Fsp3) is 0.250. The topological polar surface area (TPSA) is 26.3 Å². The van der Waals surface area contributed by atoms with Crippen molar-refractivity contribution in [3.8, 4) is 0 Å². The highest BCUT2D eigenvalue weighted by atomic mass is 35.5. The first kappa shape index (κ1) is 11.5. The Morgan fingerprint density at radius 2 is 2.00 bits per heavy atom. The first-order valence-electron chi connectivity index (χ1n) is 4.97. The highest BCUT2D eigenvalue weighted by molar-refractivity contribution is 6.36. The lowest BCUT2D eigenvalue weighted by Gasteiger charge is -2.06. The second kappa shape index (κ2) is 4.89. The van der Waals surface area contributed by atoms with Gasteiger partial charge in [-0.2, -0.15) is 0 Å². The van der Waals surface area contributed by atoms with Crippen LogP contribution in [0.2, 0.25) is 10.0 Å². The quantitative estimate of drug-likeness (QED) is 0.829. The maximum absolute atomic E-state index is 11.8. The Morgan fingerprint density at radius 1 is 1.31 bits per heavy atom. The van der Waals surface area contributed by atoms with Gasteiger partial charge in [0, 0.05) is 22.9 Å². The van der Waals surface area contributed by atoms with E-state index < -0.39 is 0 Å². The molecule has 84 valence electrons. The van der Waals surface area contributed by atoms with Crippen LogP contribution in [0.5, 0.6) is 0 Å². The van der Waals surface area contributed by atoms with Crippen molar-refractivity contribution in [3.05, 3.63) is 45.6 Å². The van der Waals surface area contributed by atoms with Gasteiger partial charge in [-0.25, -0.2) is 0 Å². The third-order valence-corrected chi connectivity index (χ3v) is 3.09. The second-order valence-electron chi connectivity index (χ2n) is 3.51. The van der Waals surface area contributed by atoms with Crippen molar-refractivity contribution in [3.63, 3.8) is 0 Å². The number of ketones is 1. The molecule has 0 saturated carbocycles. The van der Waals surface area contributed by atoms with E-state index in [1.54, 1.807) is 24.3 Å². The number of ether oxygens (including phenoxy) is 1. The van der Waals surface area contributed by atoms with Crippen LogP contribution in [-0.2, 0) is 16.0 Å². The minimum absolute atomic E-state index is 0.0764. The number of hydrogen-bond donors (Lipinski definition) is 0. The average Bonchev–Trinajstić information content (AvgIpc) is 2.76. The van der Waals surface area contributed by atoms with Gasteiger partial charge in [-0.1, -0.05) is 29.3 Å². The van der Waals surface area contributed by atoms with Crippen LogP contribution in [0.3, 0.4) is 0 Å². The van der Waals surface area contributed by atoms with Crippen LogP contribution < -0.4 is 0 Å². The molecular formula is C12H10Cl2O2. The number of carbonyl (C=O) groups excluding carboxylic acids is 1. The van der Waals surface area contributed by atoms with E-state index in [0.717, 1.165) is 6.42 Å². The molecule has 0 spiro atoms. The summed E-state index contributed by atoms with van der Waals surface area (Å²) < 4.78 is 5.19. The standard InChI is InChI=1S/C12H10Cl2O2/c13-9-3-1-4-10(14)8(9)7-11(15)12-5-2-6-16-12/h1,3-5H,2,6-7H2. The van der Waals surface area contributed by atoms with Crippen LogP contribution in [0.15, 0.2) is 30.0 Å². The zero-order valence-electron chi connectivity index (χ0n) is 8.50. The minimum atomic E-state index is -0.0764. The number of rotatable bonds is 3. The van der Waals surface area contributed by atoms with Gasteiger partial charge in [0.15, 0.2) is 5.76 Å². The van der Waals surface area contributed by atoms with E-state index in [1.807, 2.05) is 0 Å². The highest BCUT2D eigenvalue weighted by Gasteiger charge is 2.18. The Bertz CT molecular complexity index is 432. The largest absolute Gasteiger partial charge is 0.490 e. The maximum Gasteiger partial charge on any atom is 0.201 e. The summed E-state index contributed by atoms with van der Waals surface area (Å²) in [5, 5.41) is 1.03. The molecular weight excluding hydrogens is 247 g/mol. The monoisotopic (exact) mass is 256 g/mol. The van der Waals surface area contributed by atoms with Crippen molar-refractivity contribution in [2.75, 3.05) is 6.61 Å². The SMILES string of the molecule is O=C(Cc1c(Cl)cccc1Cl)C1=CCCO1. The number of carbonyl (C=O) groups is 1. The fourth-order valence-electron chi connectivity index (χ4n) is 1.56. The molecule has 1 aliphatic rings. The smallest absolute Gasteiger partial charge is 0.201 e. The third-order valence-electron chi connectivity index (χ3n) is 2.38. The van der Waals surface area contributed by atoms with Gasteiger partial charge >= 0.3 is 0 Å². The normalized spacial score (nSPS) is 14.5. The van der Waals surface area contributed by atoms with Crippen LogP contribution in [0.4, 0.5) is 0 Å². The molecule has 0 unspecified atom stereocenters. The van der Waals surface area contributed by atoms with Gasteiger partial charge in [-0.05, 0) is 23.8 Å². The Labute approximate surface area is 104 Å². The zero-order valence-corrected chi connectivity index (χ0v) is 10.0. The van der Waals surface area contributed by atoms with Gasteiger partial charge in [0.25, 0.3) is 0 Å². The summed E-state index contributed by atoms with van der Waals surface area (Å²) in [5.74, 6) is 0.350. The number of allylic oxidation sites excluding steroid dienone is 1. The maximum atomic E-state index is 11.8. The Kier molecular flexibility index (Phi) is 3.52. The highest BCUT2D eigenvalue weighted by Crippen LogP contribution is 2.26. The van der Waals surface area contributed by atoms with E-state index in [-0.39, 0.29) is 12.2 Å². The Morgan fingerprint density at radius 3 is 2.56 bits per heavy atom. The summed E-state index contributed by atoms with van der Waals surface area (Å²) in [6.07, 6.45) is 2.77. The van der Waals surface area contributed by atoms with Gasteiger partial charge in [0.2, 0.25) is 5.78 Å². The summed E-state index contributed by atoms with van der Waals surface area (Å²) in [6, 6.07) is 5.20. The van der Waals surface area contributed by atoms with Crippen molar-refractivity contribution >= 4 is 29.0 Å². The lowest BCUT2D eigenvalue weighted by Crippen LogP contribution is -2.07. The average molecular weight is 257 g/mol. The molecule has 16 heavy (non-hydrogen) atoms. The molecule has 0 atom stereocenters. The van der Waals surface area contributed by atoms with Gasteiger partial charge in [-0.15, -0.1) is 0 Å². The van der Waals surface area contributed by atoms with E-state index >= 15 is 0 Å². The van der Waals surface area contributed by atoms with Gasteiger partial charge in [-0.3, -0.25) is 4.79 Å². The van der Waals surface area contributed by atoms with Crippen LogP contribution >= 0.6 is 23.2 Å². The van der Waals surface area contributed by atoms with Gasteiger partial charge in [0.1, 0.15) is 0 Å². The number of Topliss-reactive ketones (excluding diaryl/α,β-unsaturated/α-hetero) is 1. The summed E-state index contributed by atoms with van der Waals surface area (Å²) in [6.45, 7) is 0.581. The molecule has 2 rings (SSSR count). The van der Waals surface area contributed by atoms with Crippen molar-refractivity contribution < 1.29 is 9.53 Å². The number of benzene rings is 1. The first-order chi connectivity index (χ1) is 7.68. The minimum Gasteiger partial charge on any atom is -0.490 e. The van der Waals surface area contributed by atoms with Crippen molar-refractivity contribution in [2.24, 2.45) is 0 Å².